The predicted molar refractivity (Wildman–Crippen MR) is 88.8 cm³/mol. The van der Waals surface area contributed by atoms with Crippen molar-refractivity contribution in [2.24, 2.45) is 0 Å². The second kappa shape index (κ2) is 6.95. The molecular formula is C16H9F9O4SSi. The summed E-state index contributed by atoms with van der Waals surface area (Å²) in [4.78, 5) is 0. The lowest BCUT2D eigenvalue weighted by Crippen LogP contribution is -2.65. The van der Waals surface area contributed by atoms with Gasteiger partial charge in [-0.25, -0.2) is 0 Å². The minimum atomic E-state index is -6.67. The molecule has 0 saturated carbocycles. The molecule has 2 aromatic carbocycles. The van der Waals surface area contributed by atoms with Crippen LogP contribution in [-0.2, 0) is 24.0 Å². The topological polar surface area (TPSA) is 52.6 Å². The number of hydrogen-bond donors (Lipinski definition) is 0. The Labute approximate surface area is 169 Å². The molecule has 1 atom stereocenters. The molecule has 15 heteroatoms. The fraction of sp³-hybridized carbons (Fsp3) is 0.250. The van der Waals surface area contributed by atoms with E-state index in [1.807, 2.05) is 0 Å². The molecule has 2 aromatic rings. The maximum atomic E-state index is 13.9. The quantitative estimate of drug-likeness (QED) is 0.371. The monoisotopic (exact) mass is 496 g/mol. The van der Waals surface area contributed by atoms with Crippen molar-refractivity contribution >= 4 is 29.1 Å². The minimum Gasteiger partial charge on any atom is -0.361 e. The highest BCUT2D eigenvalue weighted by Crippen LogP contribution is 2.57. The molecule has 1 heterocycles. The van der Waals surface area contributed by atoms with Crippen molar-refractivity contribution in [2.45, 2.75) is 23.5 Å². The van der Waals surface area contributed by atoms with E-state index >= 15 is 0 Å². The van der Waals surface area contributed by atoms with Crippen LogP contribution in [0.5, 0.6) is 0 Å². The molecule has 31 heavy (non-hydrogen) atoms. The molecule has 1 aliphatic heterocycles. The zero-order chi connectivity index (χ0) is 23.5. The molecule has 4 nitrogen and oxygen atoms in total. The fourth-order valence-corrected chi connectivity index (χ4v) is 8.53. The average Bonchev–Trinajstić information content (AvgIpc) is 2.94. The van der Waals surface area contributed by atoms with Crippen LogP contribution in [0.15, 0.2) is 54.6 Å². The first kappa shape index (κ1) is 23.6. The molecule has 0 N–H and O–H groups in total. The first-order chi connectivity index (χ1) is 14.0. The first-order valence-corrected chi connectivity index (χ1v) is 11.2. The van der Waals surface area contributed by atoms with Gasteiger partial charge in [-0.3, -0.25) is 3.87 Å². The highest BCUT2D eigenvalue weighted by atomic mass is 32.2. The van der Waals surface area contributed by atoms with Crippen LogP contribution in [0.4, 0.5) is 39.5 Å². The van der Waals surface area contributed by atoms with E-state index in [1.54, 1.807) is 0 Å². The van der Waals surface area contributed by atoms with Gasteiger partial charge in [-0.05, 0) is 5.19 Å². The van der Waals surface area contributed by atoms with Crippen molar-refractivity contribution in [1.82, 2.24) is 0 Å². The molecule has 1 unspecified atom stereocenters. The number of benzene rings is 2. The molecule has 0 radical (unpaired) electrons. The van der Waals surface area contributed by atoms with E-state index in [2.05, 4.69) is 8.30 Å². The molecule has 0 spiro atoms. The van der Waals surface area contributed by atoms with Gasteiger partial charge in [0.2, 0.25) is 0 Å². The van der Waals surface area contributed by atoms with Gasteiger partial charge >= 0.3 is 36.5 Å². The van der Waals surface area contributed by atoms with Crippen LogP contribution in [0.3, 0.4) is 0 Å². The van der Waals surface area contributed by atoms with Crippen molar-refractivity contribution in [3.63, 3.8) is 0 Å². The minimum absolute atomic E-state index is 0.359. The standard InChI is InChI=1S/C16H9F9O4SSi/c17-14(18,19)13(15(20,21)22)11-8-4-5-9-12(11)31(28-13,10-6-2-1-3-7-10)29-30(26,27)16(23,24)25/h1-9H. The molecular weight excluding hydrogens is 487 g/mol. The van der Waals surface area contributed by atoms with E-state index in [-0.39, 0.29) is 0 Å². The molecule has 0 bridgehead atoms. The van der Waals surface area contributed by atoms with Gasteiger partial charge in [0.05, 0.1) is 0 Å². The molecule has 170 valence electrons. The summed E-state index contributed by atoms with van der Waals surface area (Å²) in [6, 6.07) is 7.75. The van der Waals surface area contributed by atoms with Gasteiger partial charge in [0.15, 0.2) is 0 Å². The van der Waals surface area contributed by atoms with Crippen molar-refractivity contribution < 1.29 is 56.2 Å². The van der Waals surface area contributed by atoms with Gasteiger partial charge < -0.3 is 4.43 Å². The lowest BCUT2D eigenvalue weighted by Gasteiger charge is -2.36. The van der Waals surface area contributed by atoms with Crippen LogP contribution < -0.4 is 10.4 Å². The number of hydrogen-bond acceptors (Lipinski definition) is 4. The highest BCUT2D eigenvalue weighted by molar-refractivity contribution is 7.88. The number of halogens is 9. The molecule has 0 amide bonds. The van der Waals surface area contributed by atoms with Crippen molar-refractivity contribution in [1.29, 1.82) is 0 Å². The number of fused-ring (bicyclic) bond motifs is 1. The van der Waals surface area contributed by atoms with E-state index in [0.29, 0.717) is 12.1 Å². The van der Waals surface area contributed by atoms with Gasteiger partial charge in [0.1, 0.15) is 0 Å². The number of rotatable bonds is 3. The zero-order valence-electron chi connectivity index (χ0n) is 14.6. The van der Waals surface area contributed by atoms with E-state index in [1.165, 1.54) is 6.07 Å². The third-order valence-corrected chi connectivity index (χ3v) is 9.64. The van der Waals surface area contributed by atoms with Gasteiger partial charge in [-0.2, -0.15) is 47.9 Å². The summed E-state index contributed by atoms with van der Waals surface area (Å²) >= 11 is 0. The predicted octanol–water partition coefficient (Wildman–Crippen LogP) is 3.46. The van der Waals surface area contributed by atoms with E-state index < -0.39 is 58.1 Å². The summed E-state index contributed by atoms with van der Waals surface area (Å²) in [5, 5.41) is -1.77. The Hall–Kier alpha value is -2.10. The average molecular weight is 496 g/mol. The normalized spacial score (nSPS) is 21.7. The lowest BCUT2D eigenvalue weighted by molar-refractivity contribution is -0.366. The largest absolute Gasteiger partial charge is 0.522 e. The molecule has 0 fully saturated rings. The van der Waals surface area contributed by atoms with Crippen LogP contribution in [0.1, 0.15) is 5.56 Å². The van der Waals surface area contributed by atoms with Crippen LogP contribution in [0, 0.1) is 0 Å². The van der Waals surface area contributed by atoms with Crippen LogP contribution in [0.25, 0.3) is 0 Å². The third kappa shape index (κ3) is 3.43. The molecule has 1 aliphatic rings. The van der Waals surface area contributed by atoms with Crippen LogP contribution in [-0.4, -0.2) is 34.8 Å². The van der Waals surface area contributed by atoms with Gasteiger partial charge in [0.25, 0.3) is 5.60 Å². The highest BCUT2D eigenvalue weighted by Gasteiger charge is 2.81. The van der Waals surface area contributed by atoms with Gasteiger partial charge in [-0.1, -0.05) is 54.6 Å². The zero-order valence-corrected chi connectivity index (χ0v) is 16.5. The van der Waals surface area contributed by atoms with Crippen LogP contribution in [0.2, 0.25) is 0 Å². The Morgan fingerprint density at radius 2 is 1.26 bits per heavy atom. The summed E-state index contributed by atoms with van der Waals surface area (Å²) in [6.07, 6.45) is -12.5. The fourth-order valence-electron chi connectivity index (χ4n) is 3.17. The maximum Gasteiger partial charge on any atom is 0.522 e. The second-order valence-corrected chi connectivity index (χ2v) is 10.9. The maximum absolute atomic E-state index is 13.9. The Kier molecular flexibility index (Phi) is 5.28. The Morgan fingerprint density at radius 3 is 1.74 bits per heavy atom. The van der Waals surface area contributed by atoms with Crippen molar-refractivity contribution in [2.75, 3.05) is 0 Å². The van der Waals surface area contributed by atoms with E-state index in [0.717, 1.165) is 36.4 Å². The Balaban J connectivity index is 2.44. The van der Waals surface area contributed by atoms with Crippen molar-refractivity contribution in [3.8, 4) is 0 Å². The third-order valence-electron chi connectivity index (χ3n) is 4.42. The molecule has 0 saturated heterocycles. The Bertz CT molecular complexity index is 1070. The summed E-state index contributed by atoms with van der Waals surface area (Å²) in [5.74, 6) is 0. The number of alkyl halides is 9. The first-order valence-electron chi connectivity index (χ1n) is 8.01. The summed E-state index contributed by atoms with van der Waals surface area (Å²) in [7, 11) is -12.4. The van der Waals surface area contributed by atoms with Crippen molar-refractivity contribution in [3.05, 3.63) is 60.2 Å². The van der Waals surface area contributed by atoms with E-state index in [9.17, 15) is 47.9 Å². The van der Waals surface area contributed by atoms with Crippen LogP contribution >= 0.6 is 0 Å². The summed E-state index contributed by atoms with van der Waals surface area (Å²) in [6.45, 7) is 0. The van der Waals surface area contributed by atoms with E-state index in [4.69, 9.17) is 0 Å². The summed E-state index contributed by atoms with van der Waals surface area (Å²) < 4.78 is 154. The van der Waals surface area contributed by atoms with Gasteiger partial charge in [-0.15, -0.1) is 0 Å². The van der Waals surface area contributed by atoms with Gasteiger partial charge in [0, 0.05) is 10.8 Å². The molecule has 0 aromatic heterocycles. The second-order valence-electron chi connectivity index (χ2n) is 6.29. The molecule has 3 rings (SSSR count). The Morgan fingerprint density at radius 1 is 0.774 bits per heavy atom. The summed E-state index contributed by atoms with van der Waals surface area (Å²) in [5.41, 5.74) is -12.8. The lowest BCUT2D eigenvalue weighted by atomic mass is 9.92. The SMILES string of the molecule is O=S(=O)(O[Si]1(c2ccccc2)OC(C(F)(F)F)(C(F)(F)F)c2ccccc21)C(F)(F)F. The smallest absolute Gasteiger partial charge is 0.361 e. The molecule has 0 aliphatic carbocycles.